The number of hydrogen-bond acceptors (Lipinski definition) is 1. The van der Waals surface area contributed by atoms with Gasteiger partial charge in [0.2, 0.25) is 0 Å². The SMILES string of the molecule is FC(F)Oc1ccc[c]c1C1CC1. The molecule has 1 aromatic carbocycles. The number of benzene rings is 1. The molecule has 2 rings (SSSR count). The van der Waals surface area contributed by atoms with Crippen molar-refractivity contribution in [3.63, 3.8) is 0 Å². The van der Waals surface area contributed by atoms with Gasteiger partial charge in [0.05, 0.1) is 0 Å². The first kappa shape index (κ1) is 8.48. The first-order valence-corrected chi connectivity index (χ1v) is 4.23. The van der Waals surface area contributed by atoms with Crippen LogP contribution in [0.5, 0.6) is 5.75 Å². The second-order valence-corrected chi connectivity index (χ2v) is 3.10. The molecule has 0 bridgehead atoms. The van der Waals surface area contributed by atoms with Crippen molar-refractivity contribution in [2.45, 2.75) is 25.4 Å². The molecule has 3 heteroatoms. The predicted octanol–water partition coefficient (Wildman–Crippen LogP) is 2.97. The van der Waals surface area contributed by atoms with Gasteiger partial charge in [-0.25, -0.2) is 0 Å². The molecule has 1 fully saturated rings. The van der Waals surface area contributed by atoms with E-state index in [0.29, 0.717) is 5.92 Å². The smallest absolute Gasteiger partial charge is 0.387 e. The maximum absolute atomic E-state index is 11.9. The highest BCUT2D eigenvalue weighted by Crippen LogP contribution is 2.44. The topological polar surface area (TPSA) is 9.23 Å². The number of rotatable bonds is 3. The van der Waals surface area contributed by atoms with E-state index >= 15 is 0 Å². The molecule has 0 atom stereocenters. The molecule has 0 aliphatic heterocycles. The van der Waals surface area contributed by atoms with Crippen LogP contribution in [-0.2, 0) is 0 Å². The lowest BCUT2D eigenvalue weighted by molar-refractivity contribution is -0.0504. The Balaban J connectivity index is 2.21. The Morgan fingerprint density at radius 2 is 2.23 bits per heavy atom. The molecule has 0 heterocycles. The van der Waals surface area contributed by atoms with E-state index in [2.05, 4.69) is 10.8 Å². The van der Waals surface area contributed by atoms with E-state index in [4.69, 9.17) is 0 Å². The molecule has 0 aromatic heterocycles. The molecule has 1 aliphatic carbocycles. The molecule has 1 nitrogen and oxygen atoms in total. The minimum atomic E-state index is -2.74. The molecule has 69 valence electrons. The second-order valence-electron chi connectivity index (χ2n) is 3.10. The zero-order valence-corrected chi connectivity index (χ0v) is 6.97. The van der Waals surface area contributed by atoms with E-state index in [1.165, 1.54) is 0 Å². The first-order chi connectivity index (χ1) is 6.27. The summed E-state index contributed by atoms with van der Waals surface area (Å²) in [6.45, 7) is -2.74. The molecule has 0 amide bonds. The minimum absolute atomic E-state index is 0.278. The van der Waals surface area contributed by atoms with Gasteiger partial charge in [0.15, 0.2) is 0 Å². The standard InChI is InChI=1S/C10H9F2O/c11-10(12)13-9-4-2-1-3-8(9)7-5-6-7/h1-2,4,7,10H,5-6H2. The van der Waals surface area contributed by atoms with Gasteiger partial charge in [0.25, 0.3) is 0 Å². The van der Waals surface area contributed by atoms with Gasteiger partial charge in [-0.3, -0.25) is 0 Å². The normalized spacial score (nSPS) is 16.2. The first-order valence-electron chi connectivity index (χ1n) is 4.23. The lowest BCUT2D eigenvalue weighted by Crippen LogP contribution is -2.03. The van der Waals surface area contributed by atoms with Crippen LogP contribution in [-0.4, -0.2) is 6.61 Å². The fourth-order valence-electron chi connectivity index (χ4n) is 1.32. The zero-order chi connectivity index (χ0) is 9.26. The zero-order valence-electron chi connectivity index (χ0n) is 6.97. The van der Waals surface area contributed by atoms with Crippen LogP contribution in [0.1, 0.15) is 24.3 Å². The van der Waals surface area contributed by atoms with Crippen molar-refractivity contribution in [1.82, 2.24) is 0 Å². The van der Waals surface area contributed by atoms with Crippen molar-refractivity contribution in [2.75, 3.05) is 0 Å². The Labute approximate surface area is 75.3 Å². The number of hydrogen-bond donors (Lipinski definition) is 0. The summed E-state index contributed by atoms with van der Waals surface area (Å²) in [5.74, 6) is 0.662. The molecule has 1 aliphatic rings. The summed E-state index contributed by atoms with van der Waals surface area (Å²) in [4.78, 5) is 0. The van der Waals surface area contributed by atoms with E-state index < -0.39 is 6.61 Å². The molecule has 13 heavy (non-hydrogen) atoms. The van der Waals surface area contributed by atoms with E-state index in [1.807, 2.05) is 0 Å². The maximum atomic E-state index is 11.9. The lowest BCUT2D eigenvalue weighted by atomic mass is 10.1. The van der Waals surface area contributed by atoms with Crippen LogP contribution in [0.25, 0.3) is 0 Å². The average Bonchev–Trinajstić information content (AvgIpc) is 2.87. The van der Waals surface area contributed by atoms with E-state index in [1.54, 1.807) is 18.2 Å². The molecule has 0 spiro atoms. The van der Waals surface area contributed by atoms with Crippen molar-refractivity contribution in [3.05, 3.63) is 29.8 Å². The number of ether oxygens (including phenoxy) is 1. The summed E-state index contributed by atoms with van der Waals surface area (Å²) in [6, 6.07) is 7.90. The van der Waals surface area contributed by atoms with Crippen LogP contribution in [0.4, 0.5) is 8.78 Å². The fourth-order valence-corrected chi connectivity index (χ4v) is 1.32. The van der Waals surface area contributed by atoms with Gasteiger partial charge in [-0.1, -0.05) is 12.1 Å². The highest BCUT2D eigenvalue weighted by atomic mass is 19.3. The van der Waals surface area contributed by atoms with E-state index in [9.17, 15) is 8.78 Å². The Kier molecular flexibility index (Phi) is 2.17. The number of alkyl halides is 2. The molecule has 1 aromatic rings. The van der Waals surface area contributed by atoms with E-state index in [0.717, 1.165) is 18.4 Å². The van der Waals surface area contributed by atoms with Gasteiger partial charge in [-0.15, -0.1) is 0 Å². The maximum Gasteiger partial charge on any atom is 0.387 e. The third-order valence-electron chi connectivity index (χ3n) is 2.05. The molecule has 1 saturated carbocycles. The highest BCUT2D eigenvalue weighted by molar-refractivity contribution is 5.37. The average molecular weight is 183 g/mol. The van der Waals surface area contributed by atoms with Crippen LogP contribution >= 0.6 is 0 Å². The quantitative estimate of drug-likeness (QED) is 0.700. The van der Waals surface area contributed by atoms with Crippen LogP contribution in [0.3, 0.4) is 0 Å². The largest absolute Gasteiger partial charge is 0.435 e. The Morgan fingerprint density at radius 1 is 1.46 bits per heavy atom. The van der Waals surface area contributed by atoms with Gasteiger partial charge < -0.3 is 4.74 Å². The molecule has 1 radical (unpaired) electrons. The molecular formula is C10H9F2O. The van der Waals surface area contributed by atoms with Crippen LogP contribution in [0.2, 0.25) is 0 Å². The van der Waals surface area contributed by atoms with Crippen molar-refractivity contribution < 1.29 is 13.5 Å². The summed E-state index contributed by atoms with van der Waals surface area (Å²) in [7, 11) is 0. The van der Waals surface area contributed by atoms with Gasteiger partial charge in [-0.05, 0) is 30.9 Å². The van der Waals surface area contributed by atoms with Gasteiger partial charge in [-0.2, -0.15) is 8.78 Å². The molecule has 0 N–H and O–H groups in total. The van der Waals surface area contributed by atoms with Crippen molar-refractivity contribution in [2.24, 2.45) is 0 Å². The fraction of sp³-hybridized carbons (Fsp3) is 0.400. The van der Waals surface area contributed by atoms with Gasteiger partial charge in [0, 0.05) is 5.56 Å². The summed E-state index contributed by atoms with van der Waals surface area (Å²) in [6.07, 6.45) is 2.11. The predicted molar refractivity (Wildman–Crippen MR) is 43.9 cm³/mol. The van der Waals surface area contributed by atoms with Crippen LogP contribution in [0, 0.1) is 6.07 Å². The monoisotopic (exact) mass is 183 g/mol. The van der Waals surface area contributed by atoms with Crippen molar-refractivity contribution >= 4 is 0 Å². The Bertz CT molecular complexity index is 295. The van der Waals surface area contributed by atoms with Crippen LogP contribution < -0.4 is 4.74 Å². The Morgan fingerprint density at radius 3 is 2.85 bits per heavy atom. The van der Waals surface area contributed by atoms with Gasteiger partial charge in [0.1, 0.15) is 5.75 Å². The van der Waals surface area contributed by atoms with Gasteiger partial charge >= 0.3 is 6.61 Å². The van der Waals surface area contributed by atoms with Crippen molar-refractivity contribution in [3.8, 4) is 5.75 Å². The second kappa shape index (κ2) is 3.32. The van der Waals surface area contributed by atoms with Crippen molar-refractivity contribution in [1.29, 1.82) is 0 Å². The molecule has 0 unspecified atom stereocenters. The minimum Gasteiger partial charge on any atom is -0.435 e. The lowest BCUT2D eigenvalue weighted by Gasteiger charge is -2.08. The third-order valence-corrected chi connectivity index (χ3v) is 2.05. The summed E-state index contributed by atoms with van der Waals surface area (Å²) in [5.41, 5.74) is 0.794. The van der Waals surface area contributed by atoms with Crippen LogP contribution in [0.15, 0.2) is 18.2 Å². The highest BCUT2D eigenvalue weighted by Gasteiger charge is 2.27. The third kappa shape index (κ3) is 1.97. The van der Waals surface area contributed by atoms with E-state index in [-0.39, 0.29) is 5.75 Å². The summed E-state index contributed by atoms with van der Waals surface area (Å²) >= 11 is 0. The summed E-state index contributed by atoms with van der Waals surface area (Å²) in [5, 5.41) is 0. The molecular weight excluding hydrogens is 174 g/mol. The number of halogens is 2. The molecule has 0 saturated heterocycles. The Hall–Kier alpha value is -1.12. The summed E-state index contributed by atoms with van der Waals surface area (Å²) < 4.78 is 28.3.